The maximum Gasteiger partial charge on any atom is 0.371 e. The van der Waals surface area contributed by atoms with Crippen LogP contribution in [0.5, 0.6) is 0 Å². The van der Waals surface area contributed by atoms with E-state index in [1.807, 2.05) is 0 Å². The summed E-state index contributed by atoms with van der Waals surface area (Å²) in [7, 11) is 0. The number of furan rings is 1. The minimum Gasteiger partial charge on any atom is -0.475 e. The van der Waals surface area contributed by atoms with Gasteiger partial charge in [-0.1, -0.05) is 19.3 Å². The van der Waals surface area contributed by atoms with Crippen LogP contribution in [0.25, 0.3) is 0 Å². The molecule has 2 rings (SSSR count). The average molecular weight is 210 g/mol. The first-order valence-electron chi connectivity index (χ1n) is 5.18. The summed E-state index contributed by atoms with van der Waals surface area (Å²) >= 11 is 0. The van der Waals surface area contributed by atoms with Gasteiger partial charge in [0.15, 0.2) is 0 Å². The molecule has 0 bridgehead atoms. The molecule has 1 heterocycles. The van der Waals surface area contributed by atoms with Gasteiger partial charge in [0.05, 0.1) is 0 Å². The molecule has 0 radical (unpaired) electrons. The van der Waals surface area contributed by atoms with Crippen molar-refractivity contribution in [1.82, 2.24) is 0 Å². The number of hydrogen-bond donors (Lipinski definition) is 2. The molecule has 0 spiro atoms. The van der Waals surface area contributed by atoms with Crippen molar-refractivity contribution in [1.29, 1.82) is 0 Å². The Labute approximate surface area is 87.5 Å². The highest BCUT2D eigenvalue weighted by atomic mass is 16.4. The molecule has 0 amide bonds. The minimum atomic E-state index is -1.10. The summed E-state index contributed by atoms with van der Waals surface area (Å²) < 4.78 is 5.03. The second-order valence-corrected chi connectivity index (χ2v) is 4.06. The highest BCUT2D eigenvalue weighted by Gasteiger charge is 2.24. The van der Waals surface area contributed by atoms with E-state index in [0.29, 0.717) is 18.1 Å². The van der Waals surface area contributed by atoms with Crippen molar-refractivity contribution < 1.29 is 19.4 Å². The Bertz CT molecular complexity index is 351. The van der Waals surface area contributed by atoms with Crippen molar-refractivity contribution in [3.8, 4) is 0 Å². The summed E-state index contributed by atoms with van der Waals surface area (Å²) in [6, 6.07) is 2.91. The van der Waals surface area contributed by atoms with Gasteiger partial charge in [0.25, 0.3) is 0 Å². The summed E-state index contributed by atoms with van der Waals surface area (Å²) in [4.78, 5) is 10.6. The van der Waals surface area contributed by atoms with Gasteiger partial charge < -0.3 is 14.6 Å². The van der Waals surface area contributed by atoms with E-state index >= 15 is 0 Å². The molecule has 1 aromatic heterocycles. The highest BCUT2D eigenvalue weighted by molar-refractivity contribution is 5.84. The summed E-state index contributed by atoms with van der Waals surface area (Å²) in [6.07, 6.45) is 3.55. The lowest BCUT2D eigenvalue weighted by Crippen LogP contribution is -2.14. The number of rotatable bonds is 4. The topological polar surface area (TPSA) is 70.7 Å². The molecule has 1 aromatic rings. The van der Waals surface area contributed by atoms with Gasteiger partial charge in [-0.05, 0) is 24.5 Å². The van der Waals surface area contributed by atoms with E-state index in [-0.39, 0.29) is 5.76 Å². The summed E-state index contributed by atoms with van der Waals surface area (Å²) in [6.45, 7) is 0. The first kappa shape index (κ1) is 10.2. The zero-order chi connectivity index (χ0) is 10.8. The fourth-order valence-electron chi connectivity index (χ4n) is 1.81. The molecule has 15 heavy (non-hydrogen) atoms. The molecule has 1 unspecified atom stereocenters. The molecule has 1 saturated carbocycles. The monoisotopic (exact) mass is 210 g/mol. The maximum atomic E-state index is 10.6. The summed E-state index contributed by atoms with van der Waals surface area (Å²) in [5, 5.41) is 18.4. The molecule has 1 fully saturated rings. The van der Waals surface area contributed by atoms with Crippen molar-refractivity contribution in [2.75, 3.05) is 0 Å². The number of carboxylic acid groups (broad SMARTS) is 1. The first-order valence-corrected chi connectivity index (χ1v) is 5.18. The van der Waals surface area contributed by atoms with Crippen LogP contribution in [0.3, 0.4) is 0 Å². The summed E-state index contributed by atoms with van der Waals surface area (Å²) in [5.74, 6) is -0.285. The number of carboxylic acids is 1. The SMILES string of the molecule is O=C(O)c1ccc(C(O)CC2CCC2)o1. The largest absolute Gasteiger partial charge is 0.475 e. The van der Waals surface area contributed by atoms with Crippen LogP contribution in [0.1, 0.15) is 48.1 Å². The van der Waals surface area contributed by atoms with Gasteiger partial charge in [0, 0.05) is 0 Å². The molecule has 2 N–H and O–H groups in total. The van der Waals surface area contributed by atoms with Gasteiger partial charge in [-0.15, -0.1) is 0 Å². The van der Waals surface area contributed by atoms with Gasteiger partial charge in [0.1, 0.15) is 11.9 Å². The van der Waals surface area contributed by atoms with Gasteiger partial charge in [-0.3, -0.25) is 0 Å². The van der Waals surface area contributed by atoms with E-state index in [4.69, 9.17) is 9.52 Å². The Morgan fingerprint density at radius 1 is 1.53 bits per heavy atom. The third-order valence-corrected chi connectivity index (χ3v) is 2.95. The van der Waals surface area contributed by atoms with E-state index in [1.165, 1.54) is 18.6 Å². The normalized spacial score (nSPS) is 18.5. The quantitative estimate of drug-likeness (QED) is 0.799. The zero-order valence-electron chi connectivity index (χ0n) is 8.35. The number of aliphatic hydroxyl groups is 1. The third-order valence-electron chi connectivity index (χ3n) is 2.95. The predicted molar refractivity (Wildman–Crippen MR) is 52.6 cm³/mol. The Morgan fingerprint density at radius 2 is 2.27 bits per heavy atom. The minimum absolute atomic E-state index is 0.113. The van der Waals surface area contributed by atoms with Crippen LogP contribution < -0.4 is 0 Å². The molecule has 4 heteroatoms. The molecule has 82 valence electrons. The Morgan fingerprint density at radius 3 is 2.73 bits per heavy atom. The highest BCUT2D eigenvalue weighted by Crippen LogP contribution is 2.34. The smallest absolute Gasteiger partial charge is 0.371 e. The number of hydrogen-bond acceptors (Lipinski definition) is 3. The number of aliphatic hydroxyl groups excluding tert-OH is 1. The average Bonchev–Trinajstić information content (AvgIpc) is 2.59. The van der Waals surface area contributed by atoms with Crippen LogP contribution in [-0.2, 0) is 0 Å². The Hall–Kier alpha value is -1.29. The molecular weight excluding hydrogens is 196 g/mol. The van der Waals surface area contributed by atoms with Crippen molar-refractivity contribution in [2.45, 2.75) is 31.8 Å². The van der Waals surface area contributed by atoms with Crippen molar-refractivity contribution in [2.24, 2.45) is 5.92 Å². The summed E-state index contributed by atoms with van der Waals surface area (Å²) in [5.41, 5.74) is 0. The van der Waals surface area contributed by atoms with Crippen LogP contribution in [0, 0.1) is 5.92 Å². The fourth-order valence-corrected chi connectivity index (χ4v) is 1.81. The third kappa shape index (κ3) is 2.21. The second-order valence-electron chi connectivity index (χ2n) is 4.06. The first-order chi connectivity index (χ1) is 7.16. The standard InChI is InChI=1S/C11H14O4/c12-8(6-7-2-1-3-7)9-4-5-10(15-9)11(13)14/h4-5,7-8,12H,1-3,6H2,(H,13,14). The lowest BCUT2D eigenvalue weighted by molar-refractivity contribution is 0.0639. The van der Waals surface area contributed by atoms with Crippen LogP contribution in [-0.4, -0.2) is 16.2 Å². The van der Waals surface area contributed by atoms with Gasteiger partial charge in [-0.25, -0.2) is 4.79 Å². The fraction of sp³-hybridized carbons (Fsp3) is 0.545. The molecule has 0 aromatic carbocycles. The Balaban J connectivity index is 1.97. The maximum absolute atomic E-state index is 10.6. The van der Waals surface area contributed by atoms with Gasteiger partial charge in [-0.2, -0.15) is 0 Å². The van der Waals surface area contributed by atoms with E-state index in [0.717, 1.165) is 12.8 Å². The second kappa shape index (κ2) is 4.06. The molecule has 0 saturated heterocycles. The number of aromatic carboxylic acids is 1. The van der Waals surface area contributed by atoms with Crippen LogP contribution in [0.15, 0.2) is 16.5 Å². The van der Waals surface area contributed by atoms with Crippen LogP contribution in [0.2, 0.25) is 0 Å². The molecular formula is C11H14O4. The van der Waals surface area contributed by atoms with Gasteiger partial charge >= 0.3 is 5.97 Å². The van der Waals surface area contributed by atoms with E-state index in [2.05, 4.69) is 0 Å². The molecule has 0 aliphatic heterocycles. The molecule has 1 aliphatic rings. The van der Waals surface area contributed by atoms with Gasteiger partial charge in [0.2, 0.25) is 5.76 Å². The van der Waals surface area contributed by atoms with E-state index in [9.17, 15) is 9.90 Å². The molecule has 4 nitrogen and oxygen atoms in total. The number of carbonyl (C=O) groups is 1. The van der Waals surface area contributed by atoms with Crippen LogP contribution >= 0.6 is 0 Å². The lowest BCUT2D eigenvalue weighted by atomic mass is 9.81. The molecule has 1 aliphatic carbocycles. The zero-order valence-corrected chi connectivity index (χ0v) is 8.35. The van der Waals surface area contributed by atoms with E-state index in [1.54, 1.807) is 0 Å². The predicted octanol–water partition coefficient (Wildman–Crippen LogP) is 2.20. The Kier molecular flexibility index (Phi) is 2.77. The van der Waals surface area contributed by atoms with Crippen molar-refractivity contribution in [3.05, 3.63) is 23.7 Å². The van der Waals surface area contributed by atoms with Crippen molar-refractivity contribution >= 4 is 5.97 Å². The molecule has 1 atom stereocenters. The lowest BCUT2D eigenvalue weighted by Gasteiger charge is -2.26. The van der Waals surface area contributed by atoms with E-state index < -0.39 is 12.1 Å². The van der Waals surface area contributed by atoms with Crippen molar-refractivity contribution in [3.63, 3.8) is 0 Å². The van der Waals surface area contributed by atoms with Crippen LogP contribution in [0.4, 0.5) is 0 Å².